The van der Waals surface area contributed by atoms with Crippen LogP contribution in [-0.4, -0.2) is 65.4 Å². The Kier molecular flexibility index (Phi) is 6.88. The van der Waals surface area contributed by atoms with Gasteiger partial charge in [-0.25, -0.2) is 4.79 Å². The highest BCUT2D eigenvalue weighted by atomic mass is 16.6. The molecular formula is C34H44O10. The van der Waals surface area contributed by atoms with Crippen LogP contribution in [0.2, 0.25) is 0 Å². The summed E-state index contributed by atoms with van der Waals surface area (Å²) in [6.45, 7) is 15.1. The topological polar surface area (TPSA) is 142 Å². The van der Waals surface area contributed by atoms with Gasteiger partial charge in [-0.2, -0.15) is 0 Å². The number of allylic oxidation sites excluding steroid dienone is 2. The molecule has 1 unspecified atom stereocenters. The van der Waals surface area contributed by atoms with Gasteiger partial charge in [0.15, 0.2) is 11.9 Å². The van der Waals surface area contributed by atoms with Gasteiger partial charge in [0.25, 0.3) is 6.47 Å². The molecule has 2 heterocycles. The fraction of sp³-hybridized carbons (Fsp3) is 0.706. The Labute approximate surface area is 257 Å². The molecule has 1 spiro atoms. The zero-order valence-corrected chi connectivity index (χ0v) is 26.7. The highest BCUT2D eigenvalue weighted by Crippen LogP contribution is 2.83. The van der Waals surface area contributed by atoms with Gasteiger partial charge >= 0.3 is 11.9 Å². The molecule has 1 saturated heterocycles. The van der Waals surface area contributed by atoms with E-state index in [-0.39, 0.29) is 29.6 Å². The number of carbonyl (C=O) groups excluding carboxylic acids is 4. The number of rotatable bonds is 7. The SMILES string of the molecule is CC(=O)O[C@H]1[C@H](OC=O)[C@@H]2[C@@]3(C)C=CC(=O)C(C)(C)[C@@H]3C[C@@H](OC(=O)C(O)C(C)C)[C@@]2(C)[C@@]23O[C@@H]2C[C@@H](c2ccoc2)[C@]13C. The van der Waals surface area contributed by atoms with Crippen molar-refractivity contribution in [2.75, 3.05) is 0 Å². The molecule has 4 aliphatic carbocycles. The molecule has 1 aromatic heterocycles. The number of hydrogen-bond acceptors (Lipinski definition) is 10. The Balaban J connectivity index is 1.63. The fourth-order valence-electron chi connectivity index (χ4n) is 10.6. The van der Waals surface area contributed by atoms with E-state index in [1.165, 1.54) is 6.92 Å². The van der Waals surface area contributed by atoms with Crippen molar-refractivity contribution in [1.82, 2.24) is 0 Å². The number of furan rings is 1. The molecule has 0 aromatic carbocycles. The Morgan fingerprint density at radius 2 is 1.80 bits per heavy atom. The first-order valence-corrected chi connectivity index (χ1v) is 15.6. The van der Waals surface area contributed by atoms with Crippen LogP contribution < -0.4 is 0 Å². The molecule has 0 bridgehead atoms. The van der Waals surface area contributed by atoms with E-state index in [2.05, 4.69) is 6.92 Å². The Morgan fingerprint density at radius 1 is 1.09 bits per heavy atom. The maximum Gasteiger partial charge on any atom is 0.335 e. The smallest absolute Gasteiger partial charge is 0.335 e. The van der Waals surface area contributed by atoms with Crippen molar-refractivity contribution in [2.24, 2.45) is 39.4 Å². The Bertz CT molecular complexity index is 1400. The van der Waals surface area contributed by atoms with Crippen LogP contribution in [0.3, 0.4) is 0 Å². The van der Waals surface area contributed by atoms with Crippen molar-refractivity contribution in [3.63, 3.8) is 0 Å². The summed E-state index contributed by atoms with van der Waals surface area (Å²) in [5, 5.41) is 10.8. The summed E-state index contributed by atoms with van der Waals surface area (Å²) in [7, 11) is 0. The third kappa shape index (κ3) is 3.67. The van der Waals surface area contributed by atoms with E-state index in [4.69, 9.17) is 23.4 Å². The zero-order valence-electron chi connectivity index (χ0n) is 26.7. The van der Waals surface area contributed by atoms with Crippen LogP contribution in [0.4, 0.5) is 0 Å². The van der Waals surface area contributed by atoms with Crippen LogP contribution in [0.25, 0.3) is 0 Å². The van der Waals surface area contributed by atoms with Gasteiger partial charge in [-0.15, -0.1) is 0 Å². The van der Waals surface area contributed by atoms with Gasteiger partial charge in [0, 0.05) is 35.0 Å². The van der Waals surface area contributed by atoms with Crippen LogP contribution in [0.1, 0.15) is 79.7 Å². The summed E-state index contributed by atoms with van der Waals surface area (Å²) in [6, 6.07) is 1.88. The lowest BCUT2D eigenvalue weighted by Crippen LogP contribution is -2.78. The third-order valence-electron chi connectivity index (χ3n) is 12.6. The molecule has 0 amide bonds. The predicted octanol–water partition coefficient (Wildman–Crippen LogP) is 4.14. The molecule has 10 heteroatoms. The normalized spacial score (nSPS) is 45.3. The predicted molar refractivity (Wildman–Crippen MR) is 155 cm³/mol. The molecule has 1 N–H and O–H groups in total. The molecule has 1 aliphatic heterocycles. The molecule has 44 heavy (non-hydrogen) atoms. The van der Waals surface area contributed by atoms with E-state index in [0.29, 0.717) is 19.3 Å². The maximum absolute atomic E-state index is 13.5. The maximum atomic E-state index is 13.5. The van der Waals surface area contributed by atoms with Gasteiger partial charge in [-0.3, -0.25) is 14.4 Å². The highest BCUT2D eigenvalue weighted by molar-refractivity contribution is 5.95. The lowest BCUT2D eigenvalue weighted by atomic mass is 9.35. The van der Waals surface area contributed by atoms with Crippen LogP contribution in [-0.2, 0) is 38.1 Å². The molecule has 5 aliphatic rings. The minimum Gasteiger partial charge on any atom is -0.472 e. The second kappa shape index (κ2) is 9.76. The van der Waals surface area contributed by atoms with Crippen molar-refractivity contribution in [2.45, 2.75) is 110 Å². The molecule has 10 nitrogen and oxygen atoms in total. The zero-order chi connectivity index (χ0) is 32.2. The van der Waals surface area contributed by atoms with Crippen LogP contribution in [0.15, 0.2) is 35.2 Å². The average molecular weight is 613 g/mol. The number of ether oxygens (including phenoxy) is 4. The van der Waals surface area contributed by atoms with Crippen molar-refractivity contribution < 1.29 is 47.6 Å². The van der Waals surface area contributed by atoms with Gasteiger partial charge < -0.3 is 28.5 Å². The van der Waals surface area contributed by atoms with E-state index in [1.807, 2.05) is 39.8 Å². The lowest BCUT2D eigenvalue weighted by Gasteiger charge is -2.70. The molecule has 0 radical (unpaired) electrons. The summed E-state index contributed by atoms with van der Waals surface area (Å²) in [5.41, 5.74) is -3.64. The largest absolute Gasteiger partial charge is 0.472 e. The Hall–Kier alpha value is -2.98. The molecule has 3 saturated carbocycles. The first-order chi connectivity index (χ1) is 20.5. The molecule has 12 atom stereocenters. The molecule has 6 rings (SSSR count). The number of fused-ring (bicyclic) bond motifs is 3. The summed E-state index contributed by atoms with van der Waals surface area (Å²) in [6.07, 6.45) is 3.30. The highest BCUT2D eigenvalue weighted by Gasteiger charge is 2.91. The summed E-state index contributed by atoms with van der Waals surface area (Å²) >= 11 is 0. The van der Waals surface area contributed by atoms with E-state index < -0.39 is 69.5 Å². The van der Waals surface area contributed by atoms with Gasteiger partial charge in [-0.05, 0) is 47.8 Å². The minimum absolute atomic E-state index is 0.0551. The second-order valence-corrected chi connectivity index (χ2v) is 15.1. The van der Waals surface area contributed by atoms with Crippen LogP contribution >= 0.6 is 0 Å². The fourth-order valence-corrected chi connectivity index (χ4v) is 10.6. The van der Waals surface area contributed by atoms with Crippen molar-refractivity contribution in [3.8, 4) is 0 Å². The number of esters is 2. The first kappa shape index (κ1) is 31.0. The summed E-state index contributed by atoms with van der Waals surface area (Å²) in [4.78, 5) is 52.0. The number of epoxide rings is 1. The van der Waals surface area contributed by atoms with Crippen LogP contribution in [0.5, 0.6) is 0 Å². The van der Waals surface area contributed by atoms with Gasteiger partial charge in [0.2, 0.25) is 0 Å². The number of aliphatic hydroxyl groups is 1. The van der Waals surface area contributed by atoms with Gasteiger partial charge in [0.05, 0.1) is 18.6 Å². The van der Waals surface area contributed by atoms with E-state index >= 15 is 0 Å². The van der Waals surface area contributed by atoms with Crippen LogP contribution in [0, 0.1) is 39.4 Å². The molecule has 1 aromatic rings. The second-order valence-electron chi connectivity index (χ2n) is 15.1. The third-order valence-corrected chi connectivity index (χ3v) is 12.6. The van der Waals surface area contributed by atoms with Gasteiger partial charge in [0.1, 0.15) is 23.9 Å². The van der Waals surface area contributed by atoms with E-state index in [1.54, 1.807) is 32.4 Å². The van der Waals surface area contributed by atoms with Crippen molar-refractivity contribution >= 4 is 24.2 Å². The Morgan fingerprint density at radius 3 is 2.39 bits per heavy atom. The first-order valence-electron chi connectivity index (χ1n) is 15.6. The number of carbonyl (C=O) groups is 4. The monoisotopic (exact) mass is 612 g/mol. The van der Waals surface area contributed by atoms with Crippen molar-refractivity contribution in [3.05, 3.63) is 36.3 Å². The summed E-state index contributed by atoms with van der Waals surface area (Å²) < 4.78 is 30.9. The van der Waals surface area contributed by atoms with Crippen molar-refractivity contribution in [1.29, 1.82) is 0 Å². The van der Waals surface area contributed by atoms with E-state index in [9.17, 15) is 24.3 Å². The van der Waals surface area contributed by atoms with Gasteiger partial charge in [-0.1, -0.05) is 54.5 Å². The lowest BCUT2D eigenvalue weighted by molar-refractivity contribution is -0.295. The standard InChI is InChI=1S/C34H44O10/c1-17(2)25(38)29(39)43-23-14-21-30(4,5)22(37)9-11-31(21,6)27-26(41-16-35)28(42-18(3)36)32(7)20(19-10-12-40-15-19)13-24-34(32,44-24)33(23,27)8/h9-12,15-17,20-21,23-28,38H,13-14H2,1-8H3/t20-,21-,23+,24+,25?,26+,27+,28-,31-,32+,33+,34+/m0/s1. The minimum atomic E-state index is -1.35. The quantitative estimate of drug-likeness (QED) is 0.207. The summed E-state index contributed by atoms with van der Waals surface area (Å²) in [5.74, 6) is -2.88. The molecule has 240 valence electrons. The molecular weight excluding hydrogens is 568 g/mol. The number of ketones is 1. The van der Waals surface area contributed by atoms with E-state index in [0.717, 1.165) is 5.56 Å². The average Bonchev–Trinajstić information content (AvgIpc) is 3.30. The molecule has 4 fully saturated rings. The number of aliphatic hydroxyl groups excluding tert-OH is 1. The number of hydrogen-bond donors (Lipinski definition) is 1.